The van der Waals surface area contributed by atoms with E-state index in [1.54, 1.807) is 0 Å². The Morgan fingerprint density at radius 1 is 1.24 bits per heavy atom. The minimum absolute atomic E-state index is 0.0112. The topological polar surface area (TPSA) is 113 Å². The van der Waals surface area contributed by atoms with Gasteiger partial charge in [-0.1, -0.05) is 12.1 Å². The van der Waals surface area contributed by atoms with Gasteiger partial charge in [0.25, 0.3) is 21.8 Å². The molecule has 1 aliphatic rings. The van der Waals surface area contributed by atoms with Crippen LogP contribution in [0.25, 0.3) is 0 Å². The summed E-state index contributed by atoms with van der Waals surface area (Å²) in [6, 6.07) is 3.57. The van der Waals surface area contributed by atoms with Crippen LogP contribution >= 0.6 is 0 Å². The summed E-state index contributed by atoms with van der Waals surface area (Å²) in [4.78, 5) is 35.0. The van der Waals surface area contributed by atoms with Gasteiger partial charge in [0.1, 0.15) is 10.9 Å². The zero-order valence-electron chi connectivity index (χ0n) is 11.3. The van der Waals surface area contributed by atoms with Crippen LogP contribution in [0.4, 0.5) is 4.79 Å². The summed E-state index contributed by atoms with van der Waals surface area (Å²) >= 11 is 0. The number of amides is 4. The van der Waals surface area contributed by atoms with E-state index < -0.39 is 33.9 Å². The first-order valence-corrected chi connectivity index (χ1v) is 7.45. The highest BCUT2D eigenvalue weighted by atomic mass is 32.2. The van der Waals surface area contributed by atoms with Crippen molar-refractivity contribution in [3.8, 4) is 0 Å². The Labute approximate surface area is 121 Å². The van der Waals surface area contributed by atoms with Crippen molar-refractivity contribution >= 4 is 27.9 Å². The van der Waals surface area contributed by atoms with E-state index in [0.717, 1.165) is 0 Å². The average molecular weight is 311 g/mol. The molecule has 21 heavy (non-hydrogen) atoms. The van der Waals surface area contributed by atoms with Gasteiger partial charge in [-0.05, 0) is 19.1 Å². The molecule has 9 heteroatoms. The minimum Gasteiger partial charge on any atom is -0.341 e. The highest BCUT2D eigenvalue weighted by Gasteiger charge is 2.45. The summed E-state index contributed by atoms with van der Waals surface area (Å²) in [6.07, 6.45) is 0. The predicted molar refractivity (Wildman–Crippen MR) is 71.9 cm³/mol. The number of fused-ring (bicyclic) bond motifs is 1. The molecule has 112 valence electrons. The monoisotopic (exact) mass is 311 g/mol. The molecule has 0 fully saturated rings. The Balaban J connectivity index is 2.36. The van der Waals surface area contributed by atoms with Crippen LogP contribution in [0.5, 0.6) is 0 Å². The number of sulfonamides is 1. The fourth-order valence-corrected chi connectivity index (χ4v) is 3.70. The summed E-state index contributed by atoms with van der Waals surface area (Å²) in [7, 11) is -2.78. The Morgan fingerprint density at radius 3 is 2.43 bits per heavy atom. The Bertz CT molecular complexity index is 728. The summed E-state index contributed by atoms with van der Waals surface area (Å²) in [5.41, 5.74) is 0.0112. The second-order valence-corrected chi connectivity index (χ2v) is 6.13. The van der Waals surface area contributed by atoms with Crippen molar-refractivity contribution in [2.45, 2.75) is 17.9 Å². The second-order valence-electron chi connectivity index (χ2n) is 4.35. The van der Waals surface area contributed by atoms with Gasteiger partial charge in [0.15, 0.2) is 0 Å². The van der Waals surface area contributed by atoms with Gasteiger partial charge in [-0.2, -0.15) is 0 Å². The van der Waals surface area contributed by atoms with E-state index in [1.165, 1.54) is 38.2 Å². The maximum Gasteiger partial charge on any atom is 0.321 e. The summed E-state index contributed by atoms with van der Waals surface area (Å²) in [5.74, 6) is -1.68. The van der Waals surface area contributed by atoms with Crippen LogP contribution in [0.2, 0.25) is 0 Å². The standard InChI is InChI=1S/C12H13N3O5S/c1-7(10(16)14-12(18)13-2)15-11(17)8-5-3-4-6-9(8)21(15,19)20/h3-7H,1-2H3,(H2,13,14,16,18). The molecule has 1 unspecified atom stereocenters. The Morgan fingerprint density at radius 2 is 1.86 bits per heavy atom. The van der Waals surface area contributed by atoms with Gasteiger partial charge in [-0.3, -0.25) is 14.9 Å². The van der Waals surface area contributed by atoms with Crippen LogP contribution in [0, 0.1) is 0 Å². The average Bonchev–Trinajstić information content (AvgIpc) is 2.66. The lowest BCUT2D eigenvalue weighted by molar-refractivity contribution is -0.122. The molecule has 0 radical (unpaired) electrons. The molecule has 8 nitrogen and oxygen atoms in total. The highest BCUT2D eigenvalue weighted by Crippen LogP contribution is 2.31. The number of carbonyl (C=O) groups excluding carboxylic acids is 3. The maximum absolute atomic E-state index is 12.3. The molecule has 1 aromatic rings. The van der Waals surface area contributed by atoms with Crippen LogP contribution in [-0.2, 0) is 14.8 Å². The van der Waals surface area contributed by atoms with Gasteiger partial charge >= 0.3 is 6.03 Å². The molecule has 0 aromatic heterocycles. The Hall–Kier alpha value is -2.42. The third kappa shape index (κ3) is 2.35. The lowest BCUT2D eigenvalue weighted by Gasteiger charge is -2.21. The molecule has 0 saturated carbocycles. The molecule has 0 aliphatic carbocycles. The number of imide groups is 1. The van der Waals surface area contributed by atoms with Crippen molar-refractivity contribution in [3.63, 3.8) is 0 Å². The summed E-state index contributed by atoms with van der Waals surface area (Å²) in [5, 5.41) is 4.11. The molecule has 1 aliphatic heterocycles. The van der Waals surface area contributed by atoms with E-state index >= 15 is 0 Å². The number of nitrogens with one attached hydrogen (secondary N) is 2. The van der Waals surface area contributed by atoms with Crippen molar-refractivity contribution in [1.29, 1.82) is 0 Å². The van der Waals surface area contributed by atoms with Crippen LogP contribution in [-0.4, -0.2) is 43.7 Å². The fraction of sp³-hybridized carbons (Fsp3) is 0.250. The zero-order valence-corrected chi connectivity index (χ0v) is 12.1. The van der Waals surface area contributed by atoms with Gasteiger partial charge in [0.05, 0.1) is 5.56 Å². The quantitative estimate of drug-likeness (QED) is 0.777. The summed E-state index contributed by atoms with van der Waals surface area (Å²) < 4.78 is 25.1. The fourth-order valence-electron chi connectivity index (χ4n) is 1.97. The molecule has 2 N–H and O–H groups in total. The third-order valence-electron chi connectivity index (χ3n) is 3.05. The van der Waals surface area contributed by atoms with Crippen LogP contribution in [0.15, 0.2) is 29.2 Å². The molecule has 0 spiro atoms. The van der Waals surface area contributed by atoms with Gasteiger partial charge in [-0.25, -0.2) is 17.5 Å². The van der Waals surface area contributed by atoms with E-state index in [9.17, 15) is 22.8 Å². The smallest absolute Gasteiger partial charge is 0.321 e. The third-order valence-corrected chi connectivity index (χ3v) is 4.96. The molecular formula is C12H13N3O5S. The molecule has 0 saturated heterocycles. The van der Waals surface area contributed by atoms with E-state index in [4.69, 9.17) is 0 Å². The van der Waals surface area contributed by atoms with Crippen LogP contribution < -0.4 is 10.6 Å². The molecule has 1 heterocycles. The first-order valence-electron chi connectivity index (χ1n) is 6.01. The lowest BCUT2D eigenvalue weighted by Crippen LogP contribution is -2.50. The van der Waals surface area contributed by atoms with Crippen LogP contribution in [0.3, 0.4) is 0 Å². The highest BCUT2D eigenvalue weighted by molar-refractivity contribution is 7.90. The van der Waals surface area contributed by atoms with E-state index in [1.807, 2.05) is 5.32 Å². The van der Waals surface area contributed by atoms with Gasteiger partial charge in [0.2, 0.25) is 0 Å². The van der Waals surface area contributed by atoms with Gasteiger partial charge in [0, 0.05) is 7.05 Å². The number of rotatable bonds is 2. The van der Waals surface area contributed by atoms with E-state index in [0.29, 0.717) is 4.31 Å². The predicted octanol–water partition coefficient (Wildman–Crippen LogP) is -0.325. The molecule has 4 amide bonds. The first-order chi connectivity index (χ1) is 9.80. The van der Waals surface area contributed by atoms with Crippen molar-refractivity contribution in [2.75, 3.05) is 7.05 Å². The van der Waals surface area contributed by atoms with Crippen molar-refractivity contribution in [3.05, 3.63) is 29.8 Å². The number of carbonyl (C=O) groups is 3. The molecule has 2 rings (SSSR count). The van der Waals surface area contributed by atoms with Gasteiger partial charge < -0.3 is 5.32 Å². The van der Waals surface area contributed by atoms with E-state index in [-0.39, 0.29) is 10.5 Å². The normalized spacial score (nSPS) is 17.0. The number of hydrogen-bond donors (Lipinski definition) is 2. The zero-order chi connectivity index (χ0) is 15.8. The van der Waals surface area contributed by atoms with E-state index in [2.05, 4.69) is 5.32 Å². The Kier molecular flexibility index (Phi) is 3.69. The summed E-state index contributed by atoms with van der Waals surface area (Å²) in [6.45, 7) is 1.24. The molecule has 0 bridgehead atoms. The minimum atomic E-state index is -4.09. The first kappa shape index (κ1) is 15.0. The van der Waals surface area contributed by atoms with Crippen LogP contribution in [0.1, 0.15) is 17.3 Å². The number of benzene rings is 1. The van der Waals surface area contributed by atoms with Crippen molar-refractivity contribution < 1.29 is 22.8 Å². The SMILES string of the molecule is CNC(=O)NC(=O)C(C)N1C(=O)c2ccccc2S1(=O)=O. The van der Waals surface area contributed by atoms with Gasteiger partial charge in [-0.15, -0.1) is 0 Å². The number of nitrogens with zero attached hydrogens (tertiary/aromatic N) is 1. The maximum atomic E-state index is 12.3. The van der Waals surface area contributed by atoms with Crippen molar-refractivity contribution in [2.24, 2.45) is 0 Å². The lowest BCUT2D eigenvalue weighted by atomic mass is 10.2. The molecule has 1 aromatic carbocycles. The molecule has 1 atom stereocenters. The number of hydrogen-bond acceptors (Lipinski definition) is 5. The van der Waals surface area contributed by atoms with Crippen molar-refractivity contribution in [1.82, 2.24) is 14.9 Å². The molecular weight excluding hydrogens is 298 g/mol. The number of urea groups is 1. The second kappa shape index (κ2) is 5.17. The largest absolute Gasteiger partial charge is 0.341 e.